The maximum Gasteiger partial charge on any atom is 0.123 e. The van der Waals surface area contributed by atoms with Gasteiger partial charge in [-0.15, -0.1) is 0 Å². The number of likely N-dealkylation sites (N-methyl/N-ethyl adjacent to an activating group) is 1. The fourth-order valence-corrected chi connectivity index (χ4v) is 1.24. The first-order chi connectivity index (χ1) is 6.15. The van der Waals surface area contributed by atoms with E-state index in [1.54, 1.807) is 6.20 Å². The van der Waals surface area contributed by atoms with E-state index in [0.29, 0.717) is 12.4 Å². The Balaban J connectivity index is 2.88. The largest absolute Gasteiger partial charge is 0.395 e. The first kappa shape index (κ1) is 9.80. The number of nitrogens with zero attached hydrogens (tertiary/aromatic N) is 2. The summed E-state index contributed by atoms with van der Waals surface area (Å²) >= 11 is 0. The Hall–Kier alpha value is -1.29. The number of nitrogens with two attached hydrogens (primary N) is 1. The number of aryl methyl sites for hydroxylation is 1. The molecule has 13 heavy (non-hydrogen) atoms. The van der Waals surface area contributed by atoms with Gasteiger partial charge in [0.15, 0.2) is 0 Å². The summed E-state index contributed by atoms with van der Waals surface area (Å²) in [5, 5.41) is 8.76. The lowest BCUT2D eigenvalue weighted by Crippen LogP contribution is -2.22. The first-order valence-electron chi connectivity index (χ1n) is 4.19. The highest BCUT2D eigenvalue weighted by Gasteiger charge is 2.04. The molecule has 0 aromatic carbocycles. The van der Waals surface area contributed by atoms with Crippen molar-refractivity contribution in [1.82, 2.24) is 4.98 Å². The third-order valence-electron chi connectivity index (χ3n) is 1.95. The van der Waals surface area contributed by atoms with Crippen molar-refractivity contribution in [2.24, 2.45) is 0 Å². The molecule has 72 valence electrons. The summed E-state index contributed by atoms with van der Waals surface area (Å²) in [6, 6.07) is 1.82. The van der Waals surface area contributed by atoms with Crippen LogP contribution in [0.4, 0.5) is 11.5 Å². The van der Waals surface area contributed by atoms with Crippen LogP contribution in [-0.4, -0.2) is 30.3 Å². The molecule has 0 aliphatic rings. The van der Waals surface area contributed by atoms with Crippen molar-refractivity contribution in [2.75, 3.05) is 30.8 Å². The van der Waals surface area contributed by atoms with Gasteiger partial charge in [0.05, 0.1) is 18.5 Å². The van der Waals surface area contributed by atoms with Crippen LogP contribution >= 0.6 is 0 Å². The summed E-state index contributed by atoms with van der Waals surface area (Å²) in [6.45, 7) is 2.72. The highest BCUT2D eigenvalue weighted by Crippen LogP contribution is 2.18. The van der Waals surface area contributed by atoms with Crippen LogP contribution in [-0.2, 0) is 0 Å². The number of pyridine rings is 1. The van der Waals surface area contributed by atoms with Crippen LogP contribution in [0.3, 0.4) is 0 Å². The molecular formula is C9H15N3O. The van der Waals surface area contributed by atoms with Gasteiger partial charge in [-0.2, -0.15) is 0 Å². The normalized spacial score (nSPS) is 10.1. The molecule has 0 saturated carbocycles. The number of aromatic nitrogens is 1. The molecule has 1 aromatic heterocycles. The van der Waals surface area contributed by atoms with Crippen molar-refractivity contribution in [2.45, 2.75) is 6.92 Å². The fraction of sp³-hybridized carbons (Fsp3) is 0.444. The Bertz CT molecular complexity index is 288. The van der Waals surface area contributed by atoms with E-state index in [9.17, 15) is 0 Å². The summed E-state index contributed by atoms with van der Waals surface area (Å²) < 4.78 is 0. The van der Waals surface area contributed by atoms with E-state index in [2.05, 4.69) is 4.98 Å². The predicted octanol–water partition coefficient (Wildman–Crippen LogP) is 0.401. The molecule has 1 heterocycles. The Kier molecular flexibility index (Phi) is 3.08. The second-order valence-electron chi connectivity index (χ2n) is 3.04. The Morgan fingerprint density at radius 3 is 2.85 bits per heavy atom. The number of aliphatic hydroxyl groups excluding tert-OH is 1. The molecule has 4 heteroatoms. The molecule has 0 radical (unpaired) electrons. The standard InChI is InChI=1S/C9H15N3O/c1-7-5-9(10)11-6-8(7)12(2)3-4-13/h5-6,13H,3-4H2,1-2H3,(H2,10,11). The summed E-state index contributed by atoms with van der Waals surface area (Å²) in [5.41, 5.74) is 7.60. The van der Waals surface area contributed by atoms with Gasteiger partial charge in [-0.3, -0.25) is 0 Å². The fourth-order valence-electron chi connectivity index (χ4n) is 1.24. The molecule has 0 aliphatic carbocycles. The number of nitrogen functional groups attached to an aromatic ring is 1. The van der Waals surface area contributed by atoms with Crippen LogP contribution in [0.5, 0.6) is 0 Å². The molecule has 0 unspecified atom stereocenters. The van der Waals surface area contributed by atoms with Crippen LogP contribution in [0.2, 0.25) is 0 Å². The topological polar surface area (TPSA) is 62.4 Å². The molecule has 0 saturated heterocycles. The minimum atomic E-state index is 0.139. The molecule has 1 rings (SSSR count). The number of hydrogen-bond donors (Lipinski definition) is 2. The van der Waals surface area contributed by atoms with Crippen LogP contribution in [0.15, 0.2) is 12.3 Å². The zero-order chi connectivity index (χ0) is 9.84. The van der Waals surface area contributed by atoms with Gasteiger partial charge >= 0.3 is 0 Å². The Labute approximate surface area is 78.0 Å². The van der Waals surface area contributed by atoms with E-state index in [1.807, 2.05) is 24.9 Å². The number of hydrogen-bond acceptors (Lipinski definition) is 4. The van der Waals surface area contributed by atoms with Crippen molar-refractivity contribution in [3.8, 4) is 0 Å². The van der Waals surface area contributed by atoms with Crippen molar-refractivity contribution < 1.29 is 5.11 Å². The maximum absolute atomic E-state index is 8.76. The van der Waals surface area contributed by atoms with Gasteiger partial charge in [-0.25, -0.2) is 4.98 Å². The highest BCUT2D eigenvalue weighted by atomic mass is 16.3. The van der Waals surface area contributed by atoms with Gasteiger partial charge < -0.3 is 15.7 Å². The monoisotopic (exact) mass is 181 g/mol. The van der Waals surface area contributed by atoms with Crippen molar-refractivity contribution >= 4 is 11.5 Å². The van der Waals surface area contributed by atoms with Crippen molar-refractivity contribution in [3.63, 3.8) is 0 Å². The van der Waals surface area contributed by atoms with Crippen LogP contribution in [0.25, 0.3) is 0 Å². The van der Waals surface area contributed by atoms with E-state index in [4.69, 9.17) is 10.8 Å². The van der Waals surface area contributed by atoms with Crippen LogP contribution in [0, 0.1) is 6.92 Å². The van der Waals surface area contributed by atoms with Gasteiger partial charge in [-0.05, 0) is 18.6 Å². The average Bonchev–Trinajstić information content (AvgIpc) is 2.04. The third-order valence-corrected chi connectivity index (χ3v) is 1.95. The lowest BCUT2D eigenvalue weighted by molar-refractivity contribution is 0.304. The van der Waals surface area contributed by atoms with Gasteiger partial charge in [0, 0.05) is 13.6 Å². The predicted molar refractivity (Wildman–Crippen MR) is 53.7 cm³/mol. The van der Waals surface area contributed by atoms with Crippen molar-refractivity contribution in [1.29, 1.82) is 0 Å². The summed E-state index contributed by atoms with van der Waals surface area (Å²) in [6.07, 6.45) is 1.72. The quantitative estimate of drug-likeness (QED) is 0.708. The molecule has 1 aromatic rings. The number of anilines is 2. The molecule has 0 spiro atoms. The molecule has 0 bridgehead atoms. The lowest BCUT2D eigenvalue weighted by atomic mass is 10.2. The summed E-state index contributed by atoms with van der Waals surface area (Å²) in [5.74, 6) is 0.527. The maximum atomic E-state index is 8.76. The number of aliphatic hydroxyl groups is 1. The lowest BCUT2D eigenvalue weighted by Gasteiger charge is -2.19. The molecule has 0 fully saturated rings. The van der Waals surface area contributed by atoms with E-state index in [0.717, 1.165) is 11.3 Å². The second kappa shape index (κ2) is 4.09. The van der Waals surface area contributed by atoms with E-state index >= 15 is 0 Å². The van der Waals surface area contributed by atoms with Gasteiger partial charge in [0.2, 0.25) is 0 Å². The smallest absolute Gasteiger partial charge is 0.123 e. The zero-order valence-corrected chi connectivity index (χ0v) is 7.99. The zero-order valence-electron chi connectivity index (χ0n) is 7.99. The van der Waals surface area contributed by atoms with E-state index in [-0.39, 0.29) is 6.61 Å². The molecule has 0 aliphatic heterocycles. The minimum absolute atomic E-state index is 0.139. The summed E-state index contributed by atoms with van der Waals surface area (Å²) in [4.78, 5) is 5.94. The van der Waals surface area contributed by atoms with Crippen molar-refractivity contribution in [3.05, 3.63) is 17.8 Å². The Morgan fingerprint density at radius 1 is 1.62 bits per heavy atom. The Morgan fingerprint density at radius 2 is 2.31 bits per heavy atom. The van der Waals surface area contributed by atoms with Gasteiger partial charge in [0.25, 0.3) is 0 Å². The first-order valence-corrected chi connectivity index (χ1v) is 4.19. The molecular weight excluding hydrogens is 166 g/mol. The average molecular weight is 181 g/mol. The van der Waals surface area contributed by atoms with Crippen LogP contribution < -0.4 is 10.6 Å². The molecule has 0 atom stereocenters. The van der Waals surface area contributed by atoms with Crippen LogP contribution in [0.1, 0.15) is 5.56 Å². The summed E-state index contributed by atoms with van der Waals surface area (Å²) in [7, 11) is 1.91. The third kappa shape index (κ3) is 2.32. The molecule has 0 amide bonds. The number of rotatable bonds is 3. The molecule has 4 nitrogen and oxygen atoms in total. The van der Waals surface area contributed by atoms with E-state index in [1.165, 1.54) is 0 Å². The van der Waals surface area contributed by atoms with Gasteiger partial charge in [0.1, 0.15) is 5.82 Å². The molecule has 3 N–H and O–H groups in total. The minimum Gasteiger partial charge on any atom is -0.395 e. The second-order valence-corrected chi connectivity index (χ2v) is 3.04. The van der Waals surface area contributed by atoms with E-state index < -0.39 is 0 Å². The van der Waals surface area contributed by atoms with Gasteiger partial charge in [-0.1, -0.05) is 0 Å². The highest BCUT2D eigenvalue weighted by molar-refractivity contribution is 5.54. The SMILES string of the molecule is Cc1cc(N)ncc1N(C)CCO.